The Morgan fingerprint density at radius 1 is 1.08 bits per heavy atom. The van der Waals surface area contributed by atoms with Crippen LogP contribution in [0.3, 0.4) is 0 Å². The summed E-state index contributed by atoms with van der Waals surface area (Å²) in [7, 11) is 0. The van der Waals surface area contributed by atoms with Crippen LogP contribution in [0.15, 0.2) is 12.2 Å². The van der Waals surface area contributed by atoms with Crippen molar-refractivity contribution in [1.29, 1.82) is 0 Å². The minimum Gasteiger partial charge on any atom is -0.330 e. The molecule has 0 aromatic heterocycles. The molecule has 1 heteroatoms. The Labute approximate surface area is 75.0 Å². The van der Waals surface area contributed by atoms with Crippen LogP contribution < -0.4 is 5.73 Å². The Balaban J connectivity index is 1.72. The first-order valence-corrected chi connectivity index (χ1v) is 5.25. The van der Waals surface area contributed by atoms with E-state index in [-0.39, 0.29) is 0 Å². The van der Waals surface area contributed by atoms with Crippen LogP contribution in [0.5, 0.6) is 0 Å². The van der Waals surface area contributed by atoms with Crippen molar-refractivity contribution < 1.29 is 0 Å². The highest BCUT2D eigenvalue weighted by Crippen LogP contribution is 2.40. The van der Waals surface area contributed by atoms with Gasteiger partial charge in [-0.1, -0.05) is 12.2 Å². The van der Waals surface area contributed by atoms with Gasteiger partial charge in [-0.15, -0.1) is 0 Å². The molecule has 1 nitrogen and oxygen atoms in total. The van der Waals surface area contributed by atoms with E-state index in [0.29, 0.717) is 0 Å². The first-order chi connectivity index (χ1) is 5.90. The van der Waals surface area contributed by atoms with Crippen LogP contribution in [-0.4, -0.2) is 6.54 Å². The molecule has 2 N–H and O–H groups in total. The van der Waals surface area contributed by atoms with Gasteiger partial charge >= 0.3 is 0 Å². The summed E-state index contributed by atoms with van der Waals surface area (Å²) in [5.74, 6) is 2.80. The zero-order valence-electron chi connectivity index (χ0n) is 7.71. The molecule has 0 saturated heterocycles. The predicted molar refractivity (Wildman–Crippen MR) is 51.7 cm³/mol. The number of hydrogen-bond acceptors (Lipinski definition) is 1. The largest absolute Gasteiger partial charge is 0.330 e. The summed E-state index contributed by atoms with van der Waals surface area (Å²) in [5.41, 5.74) is 5.68. The average molecular weight is 165 g/mol. The Morgan fingerprint density at radius 3 is 2.25 bits per heavy atom. The summed E-state index contributed by atoms with van der Waals surface area (Å²) in [6.07, 6.45) is 11.6. The second-order valence-electron chi connectivity index (χ2n) is 4.38. The van der Waals surface area contributed by atoms with Crippen molar-refractivity contribution in [3.05, 3.63) is 12.2 Å². The Morgan fingerprint density at radius 2 is 1.75 bits per heavy atom. The molecule has 0 spiro atoms. The van der Waals surface area contributed by atoms with Crippen LogP contribution in [0.1, 0.15) is 32.1 Å². The molecule has 0 heterocycles. The molecule has 68 valence electrons. The van der Waals surface area contributed by atoms with Gasteiger partial charge in [0, 0.05) is 0 Å². The van der Waals surface area contributed by atoms with Crippen molar-refractivity contribution >= 4 is 0 Å². The molecule has 2 rings (SSSR count). The van der Waals surface area contributed by atoms with E-state index in [1.54, 1.807) is 0 Å². The van der Waals surface area contributed by atoms with Gasteiger partial charge in [0.1, 0.15) is 0 Å². The first kappa shape index (κ1) is 8.31. The maximum absolute atomic E-state index is 5.68. The number of rotatable bonds is 3. The van der Waals surface area contributed by atoms with E-state index >= 15 is 0 Å². The van der Waals surface area contributed by atoms with Crippen molar-refractivity contribution in [2.75, 3.05) is 6.54 Å². The molecule has 0 aromatic carbocycles. The summed E-state index contributed by atoms with van der Waals surface area (Å²) in [6.45, 7) is 0.921. The molecule has 12 heavy (non-hydrogen) atoms. The lowest BCUT2D eigenvalue weighted by Gasteiger charge is -2.37. The van der Waals surface area contributed by atoms with Crippen molar-refractivity contribution in [3.63, 3.8) is 0 Å². The van der Waals surface area contributed by atoms with E-state index in [9.17, 15) is 0 Å². The maximum atomic E-state index is 5.68. The fraction of sp³-hybridized carbons (Fsp3) is 0.818. The van der Waals surface area contributed by atoms with Gasteiger partial charge in [0.05, 0.1) is 0 Å². The summed E-state index contributed by atoms with van der Waals surface area (Å²) in [4.78, 5) is 0. The molecule has 1 fully saturated rings. The zero-order valence-corrected chi connectivity index (χ0v) is 7.71. The topological polar surface area (TPSA) is 26.0 Å². The van der Waals surface area contributed by atoms with Gasteiger partial charge < -0.3 is 5.73 Å². The van der Waals surface area contributed by atoms with Gasteiger partial charge in [0.25, 0.3) is 0 Å². The summed E-state index contributed by atoms with van der Waals surface area (Å²) in [6, 6.07) is 0. The van der Waals surface area contributed by atoms with E-state index in [1.807, 2.05) is 0 Å². The maximum Gasteiger partial charge on any atom is -0.00462 e. The van der Waals surface area contributed by atoms with Crippen molar-refractivity contribution in [1.82, 2.24) is 0 Å². The molecule has 0 amide bonds. The smallest absolute Gasteiger partial charge is 0.00462 e. The van der Waals surface area contributed by atoms with Gasteiger partial charge in [-0.3, -0.25) is 0 Å². The third kappa shape index (κ3) is 1.56. The standard InChI is InChI=1S/C11H19N/c12-8-11-6-5-10(11)7-9-3-1-2-4-9/h1-2,9-11H,3-8,12H2. The normalized spacial score (nSPS) is 35.4. The van der Waals surface area contributed by atoms with Gasteiger partial charge in [-0.05, 0) is 56.4 Å². The molecule has 0 aromatic rings. The zero-order chi connectivity index (χ0) is 8.39. The van der Waals surface area contributed by atoms with Crippen LogP contribution in [0, 0.1) is 17.8 Å². The molecule has 1 saturated carbocycles. The Bertz CT molecular complexity index is 164. The molecule has 0 radical (unpaired) electrons. The van der Waals surface area contributed by atoms with Crippen molar-refractivity contribution in [3.8, 4) is 0 Å². The van der Waals surface area contributed by atoms with Crippen LogP contribution in [-0.2, 0) is 0 Å². The van der Waals surface area contributed by atoms with E-state index in [2.05, 4.69) is 12.2 Å². The third-order valence-corrected chi connectivity index (χ3v) is 3.62. The van der Waals surface area contributed by atoms with E-state index in [4.69, 9.17) is 5.73 Å². The highest BCUT2D eigenvalue weighted by molar-refractivity contribution is 4.96. The highest BCUT2D eigenvalue weighted by Gasteiger charge is 2.31. The lowest BCUT2D eigenvalue weighted by molar-refractivity contribution is 0.149. The average Bonchev–Trinajstić information content (AvgIpc) is 2.51. The number of allylic oxidation sites excluding steroid dienone is 2. The van der Waals surface area contributed by atoms with Crippen molar-refractivity contribution in [2.24, 2.45) is 23.5 Å². The molecular formula is C11H19N. The Kier molecular flexibility index (Phi) is 2.50. The minimum atomic E-state index is 0.866. The molecule has 0 aliphatic heterocycles. The SMILES string of the molecule is NCC1CCC1CC1CC=CC1. The molecular weight excluding hydrogens is 146 g/mol. The molecule has 2 aliphatic rings. The van der Waals surface area contributed by atoms with Crippen LogP contribution >= 0.6 is 0 Å². The van der Waals surface area contributed by atoms with Gasteiger partial charge in [0.2, 0.25) is 0 Å². The van der Waals surface area contributed by atoms with Gasteiger partial charge in [0.15, 0.2) is 0 Å². The van der Waals surface area contributed by atoms with E-state index in [1.165, 1.54) is 32.1 Å². The van der Waals surface area contributed by atoms with Gasteiger partial charge in [-0.25, -0.2) is 0 Å². The molecule has 2 atom stereocenters. The van der Waals surface area contributed by atoms with E-state index in [0.717, 1.165) is 24.3 Å². The fourth-order valence-electron chi connectivity index (χ4n) is 2.55. The second kappa shape index (κ2) is 3.61. The molecule has 2 unspecified atom stereocenters. The number of nitrogens with two attached hydrogens (primary N) is 1. The minimum absolute atomic E-state index is 0.866. The summed E-state index contributed by atoms with van der Waals surface area (Å²) < 4.78 is 0. The highest BCUT2D eigenvalue weighted by atomic mass is 14.6. The number of hydrogen-bond donors (Lipinski definition) is 1. The van der Waals surface area contributed by atoms with Gasteiger partial charge in [-0.2, -0.15) is 0 Å². The summed E-state index contributed by atoms with van der Waals surface area (Å²) in [5, 5.41) is 0. The fourth-order valence-corrected chi connectivity index (χ4v) is 2.55. The van der Waals surface area contributed by atoms with E-state index < -0.39 is 0 Å². The predicted octanol–water partition coefficient (Wildman–Crippen LogP) is 2.33. The quantitative estimate of drug-likeness (QED) is 0.638. The molecule has 0 bridgehead atoms. The van der Waals surface area contributed by atoms with Crippen LogP contribution in [0.2, 0.25) is 0 Å². The van der Waals surface area contributed by atoms with Crippen molar-refractivity contribution in [2.45, 2.75) is 32.1 Å². The lowest BCUT2D eigenvalue weighted by Crippen LogP contribution is -2.33. The Hall–Kier alpha value is -0.300. The van der Waals surface area contributed by atoms with Crippen LogP contribution in [0.25, 0.3) is 0 Å². The summed E-state index contributed by atoms with van der Waals surface area (Å²) >= 11 is 0. The third-order valence-electron chi connectivity index (χ3n) is 3.62. The van der Waals surface area contributed by atoms with Crippen LogP contribution in [0.4, 0.5) is 0 Å². The first-order valence-electron chi connectivity index (χ1n) is 5.25. The monoisotopic (exact) mass is 165 g/mol. The molecule has 2 aliphatic carbocycles. The second-order valence-corrected chi connectivity index (χ2v) is 4.38. The lowest BCUT2D eigenvalue weighted by atomic mass is 9.69.